The van der Waals surface area contributed by atoms with Crippen LogP contribution in [-0.4, -0.2) is 50.9 Å². The minimum Gasteiger partial charge on any atom is -0.352 e. The highest BCUT2D eigenvalue weighted by Gasteiger charge is 2.42. The fourth-order valence-electron chi connectivity index (χ4n) is 3.75. The lowest BCUT2D eigenvalue weighted by molar-refractivity contribution is -0.133. The predicted molar refractivity (Wildman–Crippen MR) is 80.0 cm³/mol. The minimum atomic E-state index is -0.0378. The number of amides is 1. The first-order valence-electron chi connectivity index (χ1n) is 7.49. The third-order valence-electron chi connectivity index (χ3n) is 4.63. The molecule has 112 valence electrons. The molecular formula is C15H16N6O. The topological polar surface area (TPSA) is 88.9 Å². The fourth-order valence-corrected chi connectivity index (χ4v) is 3.75. The van der Waals surface area contributed by atoms with Crippen LogP contribution in [0.3, 0.4) is 0 Å². The molecule has 2 atom stereocenters. The van der Waals surface area contributed by atoms with E-state index >= 15 is 0 Å². The van der Waals surface area contributed by atoms with E-state index in [1.54, 1.807) is 6.33 Å². The zero-order chi connectivity index (χ0) is 15.1. The van der Waals surface area contributed by atoms with Gasteiger partial charge >= 0.3 is 0 Å². The van der Waals surface area contributed by atoms with Crippen molar-refractivity contribution in [3.05, 3.63) is 18.6 Å². The Morgan fingerprint density at radius 2 is 2.14 bits per heavy atom. The molecule has 4 heterocycles. The molecule has 0 radical (unpaired) electrons. The third kappa shape index (κ3) is 1.91. The van der Waals surface area contributed by atoms with Crippen LogP contribution < -0.4 is 4.90 Å². The van der Waals surface area contributed by atoms with E-state index in [9.17, 15) is 4.79 Å². The molecule has 2 aromatic heterocycles. The second kappa shape index (κ2) is 4.98. The number of carbonyl (C=O) groups excluding carboxylic acids is 1. The number of nitrogens with zero attached hydrogens (tertiary/aromatic N) is 5. The average Bonchev–Trinajstić information content (AvgIpc) is 3.09. The fraction of sp³-hybridized carbons (Fsp3) is 0.467. The lowest BCUT2D eigenvalue weighted by Crippen LogP contribution is -2.56. The molecule has 1 N–H and O–H groups in total. The van der Waals surface area contributed by atoms with E-state index in [2.05, 4.69) is 19.9 Å². The van der Waals surface area contributed by atoms with Crippen LogP contribution in [0.15, 0.2) is 18.6 Å². The Bertz CT molecular complexity index is 749. The van der Waals surface area contributed by atoms with Gasteiger partial charge < -0.3 is 14.8 Å². The molecule has 7 nitrogen and oxygen atoms in total. The van der Waals surface area contributed by atoms with Crippen molar-refractivity contribution in [3.63, 3.8) is 0 Å². The zero-order valence-corrected chi connectivity index (χ0v) is 12.1. The number of nitriles is 1. The standard InChI is InChI=1S/C15H16N6O/c16-5-3-13(22)21-10-1-2-11(21)8-20(7-10)15-12-4-6-17-14(12)18-9-19-15/h4,6,9-11H,1-3,7-8H2,(H,17,18,19)/t10-,11+. The molecule has 0 aliphatic carbocycles. The van der Waals surface area contributed by atoms with Crippen LogP contribution in [-0.2, 0) is 4.79 Å². The van der Waals surface area contributed by atoms with Gasteiger partial charge in [-0.3, -0.25) is 4.79 Å². The SMILES string of the molecule is N#CCC(=O)N1[C@@H]2CC[C@H]1CN(c1ncnc3[nH]ccc13)C2. The molecule has 22 heavy (non-hydrogen) atoms. The number of rotatable bonds is 2. The molecule has 2 aromatic rings. The molecule has 0 aromatic carbocycles. The first kappa shape index (κ1) is 13.1. The monoisotopic (exact) mass is 296 g/mol. The van der Waals surface area contributed by atoms with Crippen molar-refractivity contribution in [1.82, 2.24) is 19.9 Å². The number of hydrogen-bond acceptors (Lipinski definition) is 5. The van der Waals surface area contributed by atoms with E-state index in [1.807, 2.05) is 23.2 Å². The van der Waals surface area contributed by atoms with E-state index in [1.165, 1.54) is 0 Å². The van der Waals surface area contributed by atoms with Gasteiger partial charge in [-0.15, -0.1) is 0 Å². The molecule has 0 unspecified atom stereocenters. The van der Waals surface area contributed by atoms with Gasteiger partial charge in [0.05, 0.1) is 11.5 Å². The van der Waals surface area contributed by atoms with Gasteiger partial charge in [0.25, 0.3) is 0 Å². The van der Waals surface area contributed by atoms with E-state index in [4.69, 9.17) is 5.26 Å². The van der Waals surface area contributed by atoms with Crippen molar-refractivity contribution in [3.8, 4) is 6.07 Å². The normalized spacial score (nSPS) is 23.8. The Morgan fingerprint density at radius 1 is 1.36 bits per heavy atom. The lowest BCUT2D eigenvalue weighted by Gasteiger charge is -2.41. The number of piperazine rings is 1. The lowest BCUT2D eigenvalue weighted by atomic mass is 10.1. The summed E-state index contributed by atoms with van der Waals surface area (Å²) in [6, 6.07) is 4.32. The van der Waals surface area contributed by atoms with Crippen LogP contribution in [0.5, 0.6) is 0 Å². The maximum Gasteiger partial charge on any atom is 0.237 e. The van der Waals surface area contributed by atoms with Gasteiger partial charge in [-0.05, 0) is 18.9 Å². The van der Waals surface area contributed by atoms with Crippen LogP contribution in [0.2, 0.25) is 0 Å². The zero-order valence-electron chi connectivity index (χ0n) is 12.1. The predicted octanol–water partition coefficient (Wildman–Crippen LogP) is 1.05. The van der Waals surface area contributed by atoms with Crippen LogP contribution in [0.4, 0.5) is 5.82 Å². The van der Waals surface area contributed by atoms with Gasteiger partial charge in [0.2, 0.25) is 5.91 Å². The molecule has 0 spiro atoms. The Hall–Kier alpha value is -2.62. The summed E-state index contributed by atoms with van der Waals surface area (Å²) in [5.74, 6) is 0.889. The number of carbonyl (C=O) groups is 1. The van der Waals surface area contributed by atoms with Crippen molar-refractivity contribution in [1.29, 1.82) is 5.26 Å². The summed E-state index contributed by atoms with van der Waals surface area (Å²) in [6.45, 7) is 1.54. The van der Waals surface area contributed by atoms with E-state index in [0.29, 0.717) is 0 Å². The van der Waals surface area contributed by atoms with Gasteiger partial charge in [0, 0.05) is 31.4 Å². The summed E-state index contributed by atoms with van der Waals surface area (Å²) in [6.07, 6.45) is 5.41. The van der Waals surface area contributed by atoms with Crippen molar-refractivity contribution in [2.24, 2.45) is 0 Å². The second-order valence-corrected chi connectivity index (χ2v) is 5.86. The smallest absolute Gasteiger partial charge is 0.237 e. The molecule has 2 aliphatic rings. The molecule has 2 aliphatic heterocycles. The maximum atomic E-state index is 12.1. The number of fused-ring (bicyclic) bond motifs is 3. The van der Waals surface area contributed by atoms with Gasteiger partial charge in [-0.2, -0.15) is 5.26 Å². The Balaban J connectivity index is 1.62. The van der Waals surface area contributed by atoms with Gasteiger partial charge in [0.15, 0.2) is 0 Å². The summed E-state index contributed by atoms with van der Waals surface area (Å²) in [5, 5.41) is 9.77. The quantitative estimate of drug-likeness (QED) is 0.894. The number of aromatic nitrogens is 3. The summed E-state index contributed by atoms with van der Waals surface area (Å²) in [4.78, 5) is 28.1. The number of hydrogen-bond donors (Lipinski definition) is 1. The van der Waals surface area contributed by atoms with E-state index in [-0.39, 0.29) is 24.4 Å². The molecule has 2 bridgehead atoms. The summed E-state index contributed by atoms with van der Waals surface area (Å²) in [7, 11) is 0. The van der Waals surface area contributed by atoms with Crippen LogP contribution in [0, 0.1) is 11.3 Å². The maximum absolute atomic E-state index is 12.1. The Morgan fingerprint density at radius 3 is 2.86 bits per heavy atom. The van der Waals surface area contributed by atoms with Gasteiger partial charge in [0.1, 0.15) is 24.2 Å². The molecule has 2 saturated heterocycles. The van der Waals surface area contributed by atoms with Gasteiger partial charge in [-0.25, -0.2) is 9.97 Å². The van der Waals surface area contributed by atoms with Gasteiger partial charge in [-0.1, -0.05) is 0 Å². The Kier molecular flexibility index (Phi) is 2.96. The molecule has 0 saturated carbocycles. The number of H-pyrrole nitrogens is 1. The molecule has 4 rings (SSSR count). The molecule has 2 fully saturated rings. The second-order valence-electron chi connectivity index (χ2n) is 5.86. The van der Waals surface area contributed by atoms with Crippen LogP contribution in [0.1, 0.15) is 19.3 Å². The number of nitrogens with one attached hydrogen (secondary N) is 1. The van der Waals surface area contributed by atoms with Crippen LogP contribution in [0.25, 0.3) is 11.0 Å². The number of aromatic amines is 1. The average molecular weight is 296 g/mol. The third-order valence-corrected chi connectivity index (χ3v) is 4.63. The molecular weight excluding hydrogens is 280 g/mol. The minimum absolute atomic E-state index is 0.0252. The van der Waals surface area contributed by atoms with Crippen molar-refractivity contribution in [2.75, 3.05) is 18.0 Å². The highest BCUT2D eigenvalue weighted by Crippen LogP contribution is 2.34. The summed E-state index contributed by atoms with van der Waals surface area (Å²) in [5.41, 5.74) is 0.834. The molecule has 7 heteroatoms. The largest absolute Gasteiger partial charge is 0.352 e. The number of anilines is 1. The highest BCUT2D eigenvalue weighted by atomic mass is 16.2. The highest BCUT2D eigenvalue weighted by molar-refractivity contribution is 5.87. The Labute approximate surface area is 127 Å². The summed E-state index contributed by atoms with van der Waals surface area (Å²) < 4.78 is 0. The van der Waals surface area contributed by atoms with Crippen LogP contribution >= 0.6 is 0 Å². The van der Waals surface area contributed by atoms with E-state index < -0.39 is 0 Å². The summed E-state index contributed by atoms with van der Waals surface area (Å²) >= 11 is 0. The first-order chi connectivity index (χ1) is 10.8. The van der Waals surface area contributed by atoms with Crippen molar-refractivity contribution < 1.29 is 4.79 Å². The van der Waals surface area contributed by atoms with Crippen molar-refractivity contribution >= 4 is 22.8 Å². The first-order valence-corrected chi connectivity index (χ1v) is 7.49. The molecule has 1 amide bonds. The van der Waals surface area contributed by atoms with E-state index in [0.717, 1.165) is 42.8 Å². The van der Waals surface area contributed by atoms with Crippen molar-refractivity contribution in [2.45, 2.75) is 31.3 Å².